The smallest absolute Gasteiger partial charge is 0.220 e. The lowest BCUT2D eigenvalue weighted by molar-refractivity contribution is -0.302. The molecule has 1 rings (SSSR count). The Kier molecular flexibility index (Phi) is 26.0. The number of hydrogen-bond acceptors (Lipinski definition) is 8. The van der Waals surface area contributed by atoms with Crippen molar-refractivity contribution in [1.82, 2.24) is 5.32 Å². The number of rotatable bonds is 26. The SMILES string of the molecule is CC/C=C\C/C=C\C/C=C\C/C=C\CCC(=O)NC(COC1OC(CO)C(O)C(O)C1O)C(O)/C=C/CC/C=C/CCCCCCC. The Balaban J connectivity index is 2.60. The number of carbonyl (C=O) groups excluding carboxylic acids is 1. The molecule has 47 heavy (non-hydrogen) atoms. The van der Waals surface area contributed by atoms with E-state index in [1.165, 1.54) is 32.1 Å². The van der Waals surface area contributed by atoms with E-state index in [-0.39, 0.29) is 18.9 Å². The first kappa shape index (κ1) is 42.7. The van der Waals surface area contributed by atoms with Gasteiger partial charge in [0.15, 0.2) is 6.29 Å². The van der Waals surface area contributed by atoms with E-state index in [4.69, 9.17) is 9.47 Å². The van der Waals surface area contributed by atoms with Crippen LogP contribution in [0.2, 0.25) is 0 Å². The Hall–Kier alpha value is -2.37. The van der Waals surface area contributed by atoms with Crippen LogP contribution in [0.3, 0.4) is 0 Å². The van der Waals surface area contributed by atoms with Crippen molar-refractivity contribution in [2.24, 2.45) is 0 Å². The van der Waals surface area contributed by atoms with Crippen molar-refractivity contribution >= 4 is 5.91 Å². The van der Waals surface area contributed by atoms with Crippen LogP contribution in [0.4, 0.5) is 0 Å². The number of aliphatic hydroxyl groups excluding tert-OH is 5. The third-order valence-corrected chi connectivity index (χ3v) is 7.78. The maximum Gasteiger partial charge on any atom is 0.220 e. The fraction of sp³-hybridized carbons (Fsp3) is 0.658. The van der Waals surface area contributed by atoms with Gasteiger partial charge in [0.05, 0.1) is 25.4 Å². The molecule has 7 unspecified atom stereocenters. The van der Waals surface area contributed by atoms with Crippen LogP contribution in [0.15, 0.2) is 72.9 Å². The Morgan fingerprint density at radius 3 is 2.00 bits per heavy atom. The molecule has 7 atom stereocenters. The van der Waals surface area contributed by atoms with Crippen molar-refractivity contribution in [3.05, 3.63) is 72.9 Å². The van der Waals surface area contributed by atoms with Crippen molar-refractivity contribution < 1.29 is 39.8 Å². The number of unbranched alkanes of at least 4 members (excludes halogenated alkanes) is 6. The molecule has 1 saturated heterocycles. The molecule has 0 aliphatic carbocycles. The molecule has 268 valence electrons. The number of nitrogens with one attached hydrogen (secondary N) is 1. The van der Waals surface area contributed by atoms with E-state index in [0.29, 0.717) is 6.42 Å². The van der Waals surface area contributed by atoms with Gasteiger partial charge in [-0.1, -0.05) is 112 Å². The predicted molar refractivity (Wildman–Crippen MR) is 188 cm³/mol. The second kappa shape index (κ2) is 28.6. The summed E-state index contributed by atoms with van der Waals surface area (Å²) in [6, 6.07) is -0.859. The molecule has 0 aromatic heterocycles. The van der Waals surface area contributed by atoms with Crippen LogP contribution in [0, 0.1) is 0 Å². The minimum atomic E-state index is -1.58. The number of amides is 1. The fourth-order valence-electron chi connectivity index (χ4n) is 4.88. The monoisotopic (exact) mass is 661 g/mol. The number of allylic oxidation sites excluding steroid dienone is 11. The summed E-state index contributed by atoms with van der Waals surface area (Å²) < 4.78 is 11.1. The van der Waals surface area contributed by atoms with E-state index >= 15 is 0 Å². The molecule has 0 saturated carbocycles. The van der Waals surface area contributed by atoms with Crippen LogP contribution < -0.4 is 5.32 Å². The quantitative estimate of drug-likeness (QED) is 0.0527. The summed E-state index contributed by atoms with van der Waals surface area (Å²) in [6.07, 6.45) is 29.6. The van der Waals surface area contributed by atoms with Gasteiger partial charge in [-0.2, -0.15) is 0 Å². The van der Waals surface area contributed by atoms with Gasteiger partial charge in [0.25, 0.3) is 0 Å². The lowest BCUT2D eigenvalue weighted by Crippen LogP contribution is -2.60. The molecule has 1 amide bonds. The molecular weight excluding hydrogens is 598 g/mol. The average Bonchev–Trinajstić information content (AvgIpc) is 3.07. The highest BCUT2D eigenvalue weighted by Gasteiger charge is 2.44. The summed E-state index contributed by atoms with van der Waals surface area (Å²) in [6.45, 7) is 3.51. The molecule has 1 aliphatic heterocycles. The van der Waals surface area contributed by atoms with Gasteiger partial charge in [-0.25, -0.2) is 0 Å². The fourth-order valence-corrected chi connectivity index (χ4v) is 4.88. The Labute approximate surface area is 283 Å². The zero-order valence-electron chi connectivity index (χ0n) is 28.7. The van der Waals surface area contributed by atoms with Crippen LogP contribution in [0.25, 0.3) is 0 Å². The second-order valence-corrected chi connectivity index (χ2v) is 11.9. The molecule has 1 aliphatic rings. The van der Waals surface area contributed by atoms with Crippen molar-refractivity contribution in [3.63, 3.8) is 0 Å². The summed E-state index contributed by atoms with van der Waals surface area (Å²) in [7, 11) is 0. The molecule has 6 N–H and O–H groups in total. The molecule has 1 fully saturated rings. The normalized spacial score (nSPS) is 23.8. The molecule has 9 nitrogen and oxygen atoms in total. The van der Waals surface area contributed by atoms with Gasteiger partial charge >= 0.3 is 0 Å². The van der Waals surface area contributed by atoms with E-state index in [2.05, 4.69) is 67.8 Å². The van der Waals surface area contributed by atoms with Crippen LogP contribution in [-0.4, -0.2) is 87.5 Å². The second-order valence-electron chi connectivity index (χ2n) is 11.9. The lowest BCUT2D eigenvalue weighted by atomic mass is 9.99. The molecular formula is C38H63NO8. The van der Waals surface area contributed by atoms with E-state index in [9.17, 15) is 30.3 Å². The Morgan fingerprint density at radius 1 is 0.745 bits per heavy atom. The first-order chi connectivity index (χ1) is 22.8. The van der Waals surface area contributed by atoms with Gasteiger partial charge in [0, 0.05) is 6.42 Å². The van der Waals surface area contributed by atoms with Crippen LogP contribution >= 0.6 is 0 Å². The highest BCUT2D eigenvalue weighted by atomic mass is 16.7. The number of ether oxygens (including phenoxy) is 2. The molecule has 1 heterocycles. The highest BCUT2D eigenvalue weighted by Crippen LogP contribution is 2.22. The lowest BCUT2D eigenvalue weighted by Gasteiger charge is -2.40. The largest absolute Gasteiger partial charge is 0.394 e. The van der Waals surface area contributed by atoms with Crippen molar-refractivity contribution in [3.8, 4) is 0 Å². The highest BCUT2D eigenvalue weighted by molar-refractivity contribution is 5.76. The number of hydrogen-bond donors (Lipinski definition) is 6. The zero-order chi connectivity index (χ0) is 34.5. The minimum absolute atomic E-state index is 0.213. The summed E-state index contributed by atoms with van der Waals surface area (Å²) in [4.78, 5) is 12.8. The van der Waals surface area contributed by atoms with Crippen LogP contribution in [-0.2, 0) is 14.3 Å². The summed E-state index contributed by atoms with van der Waals surface area (Å²) in [5, 5.41) is 53.6. The van der Waals surface area contributed by atoms with Crippen LogP contribution in [0.5, 0.6) is 0 Å². The van der Waals surface area contributed by atoms with Crippen molar-refractivity contribution in [2.45, 2.75) is 147 Å². The predicted octanol–water partition coefficient (Wildman–Crippen LogP) is 5.49. The molecule has 0 radical (unpaired) electrons. The summed E-state index contributed by atoms with van der Waals surface area (Å²) in [5.41, 5.74) is 0. The Morgan fingerprint density at radius 2 is 1.34 bits per heavy atom. The van der Waals surface area contributed by atoms with E-state index < -0.39 is 49.5 Å². The van der Waals surface area contributed by atoms with Crippen molar-refractivity contribution in [1.29, 1.82) is 0 Å². The van der Waals surface area contributed by atoms with E-state index in [0.717, 1.165) is 44.9 Å². The summed E-state index contributed by atoms with van der Waals surface area (Å²) in [5.74, 6) is -0.274. The molecule has 0 spiro atoms. The minimum Gasteiger partial charge on any atom is -0.394 e. The standard InChI is InChI=1S/C38H63NO8/c1-3-5-7-9-11-13-15-16-18-20-22-24-26-28-34(42)39-31(30-46-38-37(45)36(44)35(43)33(29-40)47-38)32(41)27-25-23-21-19-17-14-12-10-8-6-4-2/h5,7,11,13,16-19,22,24-25,27,31-33,35-38,40-41,43-45H,3-4,6,8-10,12,14-15,20-21,23,26,28-30H2,1-2H3,(H,39,42)/b7-5-,13-11-,18-16-,19-17+,24-22-,27-25+. The van der Waals surface area contributed by atoms with E-state index in [1.54, 1.807) is 6.08 Å². The van der Waals surface area contributed by atoms with Gasteiger partial charge in [-0.05, 0) is 57.8 Å². The third kappa shape index (κ3) is 20.6. The van der Waals surface area contributed by atoms with Gasteiger partial charge in [0.1, 0.15) is 24.4 Å². The van der Waals surface area contributed by atoms with Crippen LogP contribution in [0.1, 0.15) is 104 Å². The van der Waals surface area contributed by atoms with E-state index in [1.807, 2.05) is 18.2 Å². The van der Waals surface area contributed by atoms with Gasteiger partial charge in [0.2, 0.25) is 5.91 Å². The zero-order valence-corrected chi connectivity index (χ0v) is 28.7. The Bertz CT molecular complexity index is 957. The average molecular weight is 662 g/mol. The first-order valence-electron chi connectivity index (χ1n) is 17.7. The third-order valence-electron chi connectivity index (χ3n) is 7.78. The number of carbonyl (C=O) groups is 1. The van der Waals surface area contributed by atoms with Gasteiger partial charge in [-0.15, -0.1) is 0 Å². The first-order valence-corrected chi connectivity index (χ1v) is 17.7. The van der Waals surface area contributed by atoms with Crippen molar-refractivity contribution in [2.75, 3.05) is 13.2 Å². The molecule has 0 aromatic carbocycles. The maximum absolute atomic E-state index is 12.8. The van der Waals surface area contributed by atoms with Gasteiger partial charge < -0.3 is 40.3 Å². The topological polar surface area (TPSA) is 149 Å². The van der Waals surface area contributed by atoms with Gasteiger partial charge in [-0.3, -0.25) is 4.79 Å². The molecule has 9 heteroatoms. The summed E-state index contributed by atoms with van der Waals surface area (Å²) >= 11 is 0. The number of aliphatic hydroxyl groups is 5. The molecule has 0 aromatic rings. The molecule has 0 bridgehead atoms. The maximum atomic E-state index is 12.8.